The Kier molecular flexibility index (Phi) is 5.90. The van der Waals surface area contributed by atoms with Crippen LogP contribution in [0.5, 0.6) is 0 Å². The third-order valence-electron chi connectivity index (χ3n) is 3.30. The second-order valence-electron chi connectivity index (χ2n) is 5.15. The minimum absolute atomic E-state index is 0.278. The molecule has 0 unspecified atom stereocenters. The highest BCUT2D eigenvalue weighted by Crippen LogP contribution is 2.29. The predicted molar refractivity (Wildman–Crippen MR) is 81.2 cm³/mol. The van der Waals surface area contributed by atoms with E-state index in [2.05, 4.69) is 6.58 Å². The first kappa shape index (κ1) is 17.2. The summed E-state index contributed by atoms with van der Waals surface area (Å²) in [6, 6.07) is 9.51. The molecule has 23 heavy (non-hydrogen) atoms. The Morgan fingerprint density at radius 2 is 1.74 bits per heavy atom. The smallest absolute Gasteiger partial charge is 0.303 e. The van der Waals surface area contributed by atoms with Gasteiger partial charge in [-0.3, -0.25) is 9.59 Å². The van der Waals surface area contributed by atoms with Crippen LogP contribution in [0.25, 0.3) is 0 Å². The quantitative estimate of drug-likeness (QED) is 0.589. The first-order valence-corrected chi connectivity index (χ1v) is 7.29. The molecule has 1 fully saturated rings. The van der Waals surface area contributed by atoms with Crippen LogP contribution in [-0.2, 0) is 35.1 Å². The summed E-state index contributed by atoms with van der Waals surface area (Å²) in [7, 11) is 0. The van der Waals surface area contributed by atoms with Gasteiger partial charge in [-0.25, -0.2) is 0 Å². The van der Waals surface area contributed by atoms with Crippen LogP contribution in [0.4, 0.5) is 0 Å². The second-order valence-corrected chi connectivity index (χ2v) is 5.15. The maximum Gasteiger partial charge on any atom is 0.303 e. The Balaban J connectivity index is 2.10. The van der Waals surface area contributed by atoms with E-state index in [-0.39, 0.29) is 6.61 Å². The maximum absolute atomic E-state index is 11.3. The van der Waals surface area contributed by atoms with Crippen LogP contribution >= 0.6 is 0 Å². The second kappa shape index (κ2) is 7.89. The number of benzene rings is 1. The van der Waals surface area contributed by atoms with Gasteiger partial charge in [-0.2, -0.15) is 0 Å². The zero-order chi connectivity index (χ0) is 16.8. The third-order valence-corrected chi connectivity index (χ3v) is 3.30. The molecule has 0 N–H and O–H groups in total. The van der Waals surface area contributed by atoms with Crippen molar-refractivity contribution in [2.24, 2.45) is 0 Å². The average Bonchev–Trinajstić information content (AvgIpc) is 2.82. The van der Waals surface area contributed by atoms with Gasteiger partial charge in [0.2, 0.25) is 0 Å². The van der Waals surface area contributed by atoms with Crippen molar-refractivity contribution in [1.82, 2.24) is 0 Å². The summed E-state index contributed by atoms with van der Waals surface area (Å²) in [6.45, 7) is 6.49. The zero-order valence-corrected chi connectivity index (χ0v) is 13.1. The number of ether oxygens (including phenoxy) is 4. The van der Waals surface area contributed by atoms with Gasteiger partial charge in [0.15, 0.2) is 18.5 Å². The molecule has 4 atom stereocenters. The van der Waals surface area contributed by atoms with Crippen molar-refractivity contribution < 1.29 is 28.5 Å². The van der Waals surface area contributed by atoms with Crippen LogP contribution in [0.15, 0.2) is 43.0 Å². The maximum atomic E-state index is 11.3. The Morgan fingerprint density at radius 1 is 1.13 bits per heavy atom. The van der Waals surface area contributed by atoms with Crippen LogP contribution in [0, 0.1) is 0 Å². The van der Waals surface area contributed by atoms with Crippen molar-refractivity contribution in [2.75, 3.05) is 0 Å². The third kappa shape index (κ3) is 4.64. The molecule has 1 aliphatic rings. The summed E-state index contributed by atoms with van der Waals surface area (Å²) in [6.07, 6.45) is -1.58. The van der Waals surface area contributed by atoms with E-state index in [1.54, 1.807) is 0 Å². The fourth-order valence-electron chi connectivity index (χ4n) is 2.37. The van der Waals surface area contributed by atoms with E-state index in [1.807, 2.05) is 30.3 Å². The molecule has 1 aromatic carbocycles. The first-order valence-electron chi connectivity index (χ1n) is 7.29. The number of hydrogen-bond acceptors (Lipinski definition) is 6. The summed E-state index contributed by atoms with van der Waals surface area (Å²) in [4.78, 5) is 22.6. The fourth-order valence-corrected chi connectivity index (χ4v) is 2.37. The molecule has 6 heteroatoms. The molecule has 0 bridgehead atoms. The van der Waals surface area contributed by atoms with Crippen LogP contribution in [0.1, 0.15) is 19.4 Å². The molecule has 124 valence electrons. The van der Waals surface area contributed by atoms with E-state index >= 15 is 0 Å². The largest absolute Gasteiger partial charge is 0.455 e. The molecule has 1 aromatic rings. The van der Waals surface area contributed by atoms with Crippen LogP contribution in [0.2, 0.25) is 0 Å². The number of rotatable bonds is 6. The summed E-state index contributed by atoms with van der Waals surface area (Å²) in [5.41, 5.74) is 0.948. The lowest BCUT2D eigenvalue weighted by Gasteiger charge is -2.22. The normalized spacial score (nSPS) is 26.5. The molecule has 0 aromatic heterocycles. The van der Waals surface area contributed by atoms with Gasteiger partial charge >= 0.3 is 11.9 Å². The van der Waals surface area contributed by atoms with Crippen molar-refractivity contribution >= 4 is 11.9 Å². The zero-order valence-electron chi connectivity index (χ0n) is 13.1. The van der Waals surface area contributed by atoms with Gasteiger partial charge in [-0.05, 0) is 5.56 Å². The monoisotopic (exact) mass is 320 g/mol. The lowest BCUT2D eigenvalue weighted by molar-refractivity contribution is -0.190. The van der Waals surface area contributed by atoms with Crippen molar-refractivity contribution in [3.8, 4) is 0 Å². The van der Waals surface area contributed by atoms with Crippen LogP contribution < -0.4 is 0 Å². The highest BCUT2D eigenvalue weighted by atomic mass is 16.7. The van der Waals surface area contributed by atoms with Crippen molar-refractivity contribution in [3.05, 3.63) is 48.6 Å². The Morgan fingerprint density at radius 3 is 2.30 bits per heavy atom. The van der Waals surface area contributed by atoms with E-state index in [0.29, 0.717) is 0 Å². The van der Waals surface area contributed by atoms with E-state index in [1.165, 1.54) is 19.9 Å². The van der Waals surface area contributed by atoms with Gasteiger partial charge in [0.25, 0.3) is 0 Å². The molecule has 0 saturated carbocycles. The predicted octanol–water partition coefficient (Wildman–Crippen LogP) is 1.98. The molecule has 0 aliphatic carbocycles. The Labute approximate surface area is 135 Å². The highest BCUT2D eigenvalue weighted by Gasteiger charge is 2.48. The number of hydrogen-bond donors (Lipinski definition) is 0. The van der Waals surface area contributed by atoms with Gasteiger partial charge in [-0.1, -0.05) is 36.4 Å². The van der Waals surface area contributed by atoms with Gasteiger partial charge in [0.05, 0.1) is 6.61 Å². The van der Waals surface area contributed by atoms with Gasteiger partial charge in [0, 0.05) is 13.8 Å². The minimum atomic E-state index is -0.844. The summed E-state index contributed by atoms with van der Waals surface area (Å²) in [5.74, 6) is -1.000. The Hall–Kier alpha value is -2.18. The first-order chi connectivity index (χ1) is 11.0. The van der Waals surface area contributed by atoms with Crippen molar-refractivity contribution in [2.45, 2.75) is 45.1 Å². The average molecular weight is 320 g/mol. The molecule has 0 radical (unpaired) electrons. The number of carbonyl (C=O) groups is 2. The molecule has 2 rings (SSSR count). The van der Waals surface area contributed by atoms with Crippen LogP contribution in [-0.4, -0.2) is 36.5 Å². The summed E-state index contributed by atoms with van der Waals surface area (Å²) >= 11 is 0. The minimum Gasteiger partial charge on any atom is -0.455 e. The van der Waals surface area contributed by atoms with Gasteiger partial charge in [-0.15, -0.1) is 6.58 Å². The molecular formula is C17H20O6. The van der Waals surface area contributed by atoms with E-state index in [0.717, 1.165) is 5.56 Å². The summed E-state index contributed by atoms with van der Waals surface area (Å²) in [5, 5.41) is 0. The van der Waals surface area contributed by atoms with E-state index in [9.17, 15) is 9.59 Å². The molecule has 6 nitrogen and oxygen atoms in total. The summed E-state index contributed by atoms with van der Waals surface area (Å²) < 4.78 is 21.8. The molecular weight excluding hydrogens is 300 g/mol. The van der Waals surface area contributed by atoms with Crippen molar-refractivity contribution in [1.29, 1.82) is 0 Å². The lowest BCUT2D eigenvalue weighted by Crippen LogP contribution is -2.40. The molecule has 1 aliphatic heterocycles. The number of carbonyl (C=O) groups excluding carboxylic acids is 2. The molecule has 0 amide bonds. The van der Waals surface area contributed by atoms with Crippen molar-refractivity contribution in [3.63, 3.8) is 0 Å². The fraction of sp³-hybridized carbons (Fsp3) is 0.412. The standard InChI is InChI=1S/C17H20O6/c1-4-14-15(21-11(2)18)16(22-12(3)19)17(23-14)20-10-13-8-6-5-7-9-13/h4-9,14-17H,1,10H2,2-3H3/t14-,15-,16-,17-/m1/s1. The molecule has 1 heterocycles. The van der Waals surface area contributed by atoms with E-state index in [4.69, 9.17) is 18.9 Å². The number of esters is 2. The highest BCUT2D eigenvalue weighted by molar-refractivity contribution is 5.67. The van der Waals surface area contributed by atoms with E-state index < -0.39 is 36.5 Å². The molecule has 0 spiro atoms. The SMILES string of the molecule is C=C[C@H]1O[C@@H](OCc2ccccc2)[C@H](OC(C)=O)[C@@H]1OC(C)=O. The van der Waals surface area contributed by atoms with Gasteiger partial charge in [0.1, 0.15) is 6.10 Å². The topological polar surface area (TPSA) is 71.1 Å². The Bertz CT molecular complexity index is 555. The van der Waals surface area contributed by atoms with Gasteiger partial charge < -0.3 is 18.9 Å². The lowest BCUT2D eigenvalue weighted by atomic mass is 10.1. The van der Waals surface area contributed by atoms with Crippen LogP contribution in [0.3, 0.4) is 0 Å². The molecule has 1 saturated heterocycles.